The van der Waals surface area contributed by atoms with Crippen LogP contribution in [0.5, 0.6) is 5.75 Å². The van der Waals surface area contributed by atoms with Crippen LogP contribution in [0.25, 0.3) is 0 Å². The average molecular weight is 542 g/mol. The van der Waals surface area contributed by atoms with E-state index in [4.69, 9.17) is 14.2 Å². The van der Waals surface area contributed by atoms with Gasteiger partial charge in [-0.2, -0.15) is 0 Å². The number of methoxy groups -OCH3 is 1. The summed E-state index contributed by atoms with van der Waals surface area (Å²) in [5.41, 5.74) is 0.640. The molecule has 0 bridgehead atoms. The number of anilines is 1. The number of rotatable bonds is 5. The van der Waals surface area contributed by atoms with Gasteiger partial charge in [-0.3, -0.25) is 14.5 Å². The molecule has 2 aliphatic heterocycles. The van der Waals surface area contributed by atoms with E-state index in [2.05, 4.69) is 24.1 Å². The first-order valence-electron chi connectivity index (χ1n) is 13.7. The Morgan fingerprint density at radius 3 is 2.59 bits per heavy atom. The van der Waals surface area contributed by atoms with E-state index in [9.17, 15) is 14.0 Å². The van der Waals surface area contributed by atoms with Crippen LogP contribution in [-0.2, 0) is 9.47 Å². The Morgan fingerprint density at radius 1 is 1.13 bits per heavy atom. The highest BCUT2D eigenvalue weighted by Gasteiger charge is 2.30. The molecule has 0 aromatic heterocycles. The Balaban J connectivity index is 1.60. The number of hydrogen-bond donors (Lipinski definition) is 1. The normalized spacial score (nSPS) is 23.8. The van der Waals surface area contributed by atoms with E-state index in [1.165, 1.54) is 18.2 Å². The summed E-state index contributed by atoms with van der Waals surface area (Å²) in [6, 6.07) is 10.8. The van der Waals surface area contributed by atoms with E-state index in [1.807, 2.05) is 0 Å². The number of amides is 2. The molecule has 8 nitrogen and oxygen atoms in total. The molecular formula is C30H40FN3O5. The van der Waals surface area contributed by atoms with E-state index in [0.29, 0.717) is 36.1 Å². The molecule has 212 valence electrons. The molecule has 0 saturated carbocycles. The fourth-order valence-corrected chi connectivity index (χ4v) is 5.29. The molecule has 1 fully saturated rings. The number of fused-ring (bicyclic) bond motifs is 1. The first kappa shape index (κ1) is 29.0. The van der Waals surface area contributed by atoms with Crippen LogP contribution in [0, 0.1) is 17.7 Å². The number of nitrogens with one attached hydrogen (secondary N) is 1. The second-order valence-corrected chi connectivity index (χ2v) is 10.8. The highest BCUT2D eigenvalue weighted by atomic mass is 19.1. The first-order chi connectivity index (χ1) is 18.8. The molecule has 2 aliphatic rings. The van der Waals surface area contributed by atoms with Gasteiger partial charge in [0.1, 0.15) is 18.2 Å². The number of halogens is 1. The van der Waals surface area contributed by atoms with Crippen molar-refractivity contribution in [3.63, 3.8) is 0 Å². The fraction of sp³-hybridized carbons (Fsp3) is 0.533. The predicted molar refractivity (Wildman–Crippen MR) is 148 cm³/mol. The molecule has 1 N–H and O–H groups in total. The van der Waals surface area contributed by atoms with E-state index in [0.717, 1.165) is 39.1 Å². The van der Waals surface area contributed by atoms with Crippen molar-refractivity contribution >= 4 is 17.5 Å². The molecule has 0 unspecified atom stereocenters. The van der Waals surface area contributed by atoms with Gasteiger partial charge < -0.3 is 24.4 Å². The van der Waals surface area contributed by atoms with E-state index in [1.54, 1.807) is 43.3 Å². The minimum atomic E-state index is -0.612. The van der Waals surface area contributed by atoms with Gasteiger partial charge in [-0.05, 0) is 61.9 Å². The number of carbonyl (C=O) groups excluding carboxylic acids is 2. The zero-order chi connectivity index (χ0) is 27.9. The van der Waals surface area contributed by atoms with Crippen LogP contribution >= 0.6 is 0 Å². The molecule has 4 rings (SSSR count). The molecule has 9 heteroatoms. The van der Waals surface area contributed by atoms with Crippen molar-refractivity contribution in [2.75, 3.05) is 58.9 Å². The number of ether oxygens (including phenoxy) is 3. The summed E-state index contributed by atoms with van der Waals surface area (Å²) in [5.74, 6) is -0.255. The van der Waals surface area contributed by atoms with E-state index in [-0.39, 0.29) is 29.5 Å². The van der Waals surface area contributed by atoms with Gasteiger partial charge in [0, 0.05) is 58.7 Å². The van der Waals surface area contributed by atoms with Crippen LogP contribution in [0.2, 0.25) is 0 Å². The minimum absolute atomic E-state index is 0.0691. The summed E-state index contributed by atoms with van der Waals surface area (Å²) < 4.78 is 31.8. The lowest BCUT2D eigenvalue weighted by Crippen LogP contribution is -2.48. The van der Waals surface area contributed by atoms with Gasteiger partial charge in [-0.25, -0.2) is 4.39 Å². The SMILES string of the molecule is CO[C@@H]1CN(C)C(=O)c2cc(NC(=O)c3ccccc3F)ccc2OC[C@@H](C)N(CC2CCOCC2)C[C@H]1C. The second kappa shape index (κ2) is 13.4. The van der Waals surface area contributed by atoms with Crippen LogP contribution < -0.4 is 10.1 Å². The molecule has 1 saturated heterocycles. The highest BCUT2D eigenvalue weighted by Crippen LogP contribution is 2.27. The number of nitrogens with zero attached hydrogens (tertiary/aromatic N) is 2. The zero-order valence-corrected chi connectivity index (χ0v) is 23.3. The minimum Gasteiger partial charge on any atom is -0.491 e. The number of carbonyl (C=O) groups is 2. The van der Waals surface area contributed by atoms with Crippen molar-refractivity contribution in [3.05, 3.63) is 59.4 Å². The third kappa shape index (κ3) is 7.35. The lowest BCUT2D eigenvalue weighted by Gasteiger charge is -2.38. The molecular weight excluding hydrogens is 501 g/mol. The van der Waals surface area contributed by atoms with Crippen LogP contribution in [0.15, 0.2) is 42.5 Å². The third-order valence-electron chi connectivity index (χ3n) is 7.78. The van der Waals surface area contributed by atoms with E-state index < -0.39 is 11.7 Å². The van der Waals surface area contributed by atoms with Gasteiger partial charge in [0.25, 0.3) is 11.8 Å². The van der Waals surface area contributed by atoms with Gasteiger partial charge in [0.05, 0.1) is 17.2 Å². The molecule has 0 spiro atoms. The van der Waals surface area contributed by atoms with Crippen LogP contribution in [0.4, 0.5) is 10.1 Å². The molecule has 0 radical (unpaired) electrons. The molecule has 2 heterocycles. The summed E-state index contributed by atoms with van der Waals surface area (Å²) in [4.78, 5) is 30.4. The van der Waals surface area contributed by atoms with Crippen molar-refractivity contribution in [3.8, 4) is 5.75 Å². The lowest BCUT2D eigenvalue weighted by molar-refractivity contribution is 0.0000222. The van der Waals surface area contributed by atoms with Gasteiger partial charge in [0.15, 0.2) is 0 Å². The summed E-state index contributed by atoms with van der Waals surface area (Å²) in [6.45, 7) is 8.50. The van der Waals surface area contributed by atoms with Crippen LogP contribution in [0.3, 0.4) is 0 Å². The Hall–Kier alpha value is -3.01. The van der Waals surface area contributed by atoms with Gasteiger partial charge in [-0.1, -0.05) is 19.1 Å². The molecule has 2 amide bonds. The standard InChI is InChI=1S/C30H40FN3O5/c1-20-16-34(17-22-11-13-38-14-12-22)21(2)19-39-27-10-9-23(32-29(35)24-7-5-6-8-26(24)31)15-25(27)30(36)33(3)18-28(20)37-4/h5-10,15,20-22,28H,11-14,16-19H2,1-4H3,(H,32,35)/t20-,21-,28-/m1/s1. The Labute approximate surface area is 230 Å². The maximum atomic E-state index is 14.1. The molecule has 2 aromatic rings. The Morgan fingerprint density at radius 2 is 1.87 bits per heavy atom. The Kier molecular flexibility index (Phi) is 9.94. The summed E-state index contributed by atoms with van der Waals surface area (Å²) in [7, 11) is 3.43. The predicted octanol–water partition coefficient (Wildman–Crippen LogP) is 4.31. The van der Waals surface area contributed by atoms with Crippen molar-refractivity contribution in [1.29, 1.82) is 0 Å². The van der Waals surface area contributed by atoms with Gasteiger partial charge in [0.2, 0.25) is 0 Å². The molecule has 39 heavy (non-hydrogen) atoms. The first-order valence-corrected chi connectivity index (χ1v) is 13.7. The lowest BCUT2D eigenvalue weighted by atomic mass is 9.96. The van der Waals surface area contributed by atoms with Crippen molar-refractivity contribution in [2.45, 2.75) is 38.8 Å². The maximum Gasteiger partial charge on any atom is 0.258 e. The quantitative estimate of drug-likeness (QED) is 0.608. The van der Waals surface area contributed by atoms with E-state index >= 15 is 0 Å². The highest BCUT2D eigenvalue weighted by molar-refractivity contribution is 6.05. The summed E-state index contributed by atoms with van der Waals surface area (Å²) >= 11 is 0. The summed E-state index contributed by atoms with van der Waals surface area (Å²) in [6.07, 6.45) is 1.94. The van der Waals surface area contributed by atoms with Crippen molar-refractivity contribution in [1.82, 2.24) is 9.80 Å². The molecule has 3 atom stereocenters. The number of likely N-dealkylation sites (N-methyl/N-ethyl adjacent to an activating group) is 1. The molecule has 0 aliphatic carbocycles. The number of hydrogen-bond acceptors (Lipinski definition) is 6. The van der Waals surface area contributed by atoms with Crippen molar-refractivity contribution in [2.24, 2.45) is 11.8 Å². The van der Waals surface area contributed by atoms with Crippen LogP contribution in [-0.4, -0.2) is 87.4 Å². The largest absolute Gasteiger partial charge is 0.491 e. The topological polar surface area (TPSA) is 80.3 Å². The van der Waals surface area contributed by atoms with Gasteiger partial charge >= 0.3 is 0 Å². The zero-order valence-electron chi connectivity index (χ0n) is 23.3. The van der Waals surface area contributed by atoms with Gasteiger partial charge in [-0.15, -0.1) is 0 Å². The second-order valence-electron chi connectivity index (χ2n) is 10.8. The molecule has 2 aromatic carbocycles. The average Bonchev–Trinajstić information content (AvgIpc) is 2.94. The van der Waals surface area contributed by atoms with Crippen LogP contribution in [0.1, 0.15) is 47.4 Å². The monoisotopic (exact) mass is 541 g/mol. The smallest absolute Gasteiger partial charge is 0.258 e. The summed E-state index contributed by atoms with van der Waals surface area (Å²) in [5, 5.41) is 2.71. The number of benzene rings is 2. The third-order valence-corrected chi connectivity index (χ3v) is 7.78. The Bertz CT molecular complexity index is 1140. The fourth-order valence-electron chi connectivity index (χ4n) is 5.29. The van der Waals surface area contributed by atoms with Crippen molar-refractivity contribution < 1.29 is 28.2 Å². The maximum absolute atomic E-state index is 14.1.